The average Bonchev–Trinajstić information content (AvgIpc) is 2.36. The van der Waals surface area contributed by atoms with Crippen LogP contribution in [0.5, 0.6) is 5.75 Å². The molecule has 1 unspecified atom stereocenters. The van der Waals surface area contributed by atoms with E-state index in [1.807, 2.05) is 13.0 Å². The molecule has 19 heavy (non-hydrogen) atoms. The number of hydrogen-bond acceptors (Lipinski definition) is 2. The predicted octanol–water partition coefficient (Wildman–Crippen LogP) is 3.63. The van der Waals surface area contributed by atoms with Crippen molar-refractivity contribution in [3.05, 3.63) is 29.3 Å². The minimum atomic E-state index is -0.201. The number of rotatable bonds is 7. The molecule has 0 aliphatic carbocycles. The van der Waals surface area contributed by atoms with Crippen LogP contribution in [-0.2, 0) is 0 Å². The van der Waals surface area contributed by atoms with Gasteiger partial charge in [0.15, 0.2) is 0 Å². The molecule has 1 aromatic carbocycles. The van der Waals surface area contributed by atoms with Gasteiger partial charge in [0.25, 0.3) is 5.91 Å². The molecule has 2 N–H and O–H groups in total. The number of phenols is 1. The van der Waals surface area contributed by atoms with Crippen LogP contribution in [0.25, 0.3) is 0 Å². The van der Waals surface area contributed by atoms with Crippen LogP contribution in [0.3, 0.4) is 0 Å². The van der Waals surface area contributed by atoms with E-state index in [1.165, 1.54) is 0 Å². The zero-order valence-corrected chi connectivity index (χ0v) is 13.2. The highest BCUT2D eigenvalue weighted by Crippen LogP contribution is 2.18. The van der Waals surface area contributed by atoms with Crippen LogP contribution in [0.1, 0.15) is 42.1 Å². The maximum absolute atomic E-state index is 12.0. The molecular formula is C15H22BrNO2. The fourth-order valence-corrected chi connectivity index (χ4v) is 2.72. The van der Waals surface area contributed by atoms with Crippen LogP contribution in [0.2, 0.25) is 0 Å². The van der Waals surface area contributed by atoms with Crippen molar-refractivity contribution in [3.63, 3.8) is 0 Å². The predicted molar refractivity (Wildman–Crippen MR) is 82.0 cm³/mol. The molecule has 0 fully saturated rings. The number of benzene rings is 1. The summed E-state index contributed by atoms with van der Waals surface area (Å²) in [7, 11) is 0. The van der Waals surface area contributed by atoms with Crippen molar-refractivity contribution in [2.45, 2.75) is 33.1 Å². The van der Waals surface area contributed by atoms with Gasteiger partial charge in [0.1, 0.15) is 5.75 Å². The maximum Gasteiger partial charge on any atom is 0.255 e. The van der Waals surface area contributed by atoms with E-state index in [1.54, 1.807) is 12.1 Å². The first kappa shape index (κ1) is 16.0. The second-order valence-electron chi connectivity index (χ2n) is 4.86. The van der Waals surface area contributed by atoms with Gasteiger partial charge in [-0.25, -0.2) is 0 Å². The molecular weight excluding hydrogens is 306 g/mol. The Labute approximate surface area is 123 Å². The highest BCUT2D eigenvalue weighted by Gasteiger charge is 2.13. The monoisotopic (exact) mass is 327 g/mol. The second-order valence-corrected chi connectivity index (χ2v) is 5.66. The number of hydrogen-bond donors (Lipinski definition) is 2. The Morgan fingerprint density at radius 3 is 2.74 bits per heavy atom. The Hall–Kier alpha value is -1.03. The molecule has 0 aromatic heterocycles. The summed E-state index contributed by atoms with van der Waals surface area (Å²) in [4.78, 5) is 12.0. The molecule has 1 atom stereocenters. The largest absolute Gasteiger partial charge is 0.507 e. The van der Waals surface area contributed by atoms with Gasteiger partial charge in [-0.15, -0.1) is 0 Å². The Kier molecular flexibility index (Phi) is 6.92. The van der Waals surface area contributed by atoms with Crippen molar-refractivity contribution in [2.75, 3.05) is 11.9 Å². The van der Waals surface area contributed by atoms with Crippen LogP contribution >= 0.6 is 15.9 Å². The molecule has 1 aromatic rings. The number of carbonyl (C=O) groups excluding carboxylic acids is 1. The van der Waals surface area contributed by atoms with Gasteiger partial charge >= 0.3 is 0 Å². The van der Waals surface area contributed by atoms with Gasteiger partial charge in [-0.05, 0) is 43.4 Å². The molecule has 0 bridgehead atoms. The lowest BCUT2D eigenvalue weighted by atomic mass is 10.0. The molecule has 0 aliphatic heterocycles. The third-order valence-corrected chi connectivity index (χ3v) is 3.62. The number of alkyl halides is 1. The molecule has 1 rings (SSSR count). The van der Waals surface area contributed by atoms with Gasteiger partial charge < -0.3 is 10.4 Å². The van der Waals surface area contributed by atoms with Gasteiger partial charge in [-0.3, -0.25) is 4.79 Å². The lowest BCUT2D eigenvalue weighted by Gasteiger charge is -2.16. The van der Waals surface area contributed by atoms with Gasteiger partial charge in [0.2, 0.25) is 0 Å². The molecule has 0 saturated carbocycles. The summed E-state index contributed by atoms with van der Waals surface area (Å²) in [6.07, 6.45) is 3.27. The van der Waals surface area contributed by atoms with Crippen molar-refractivity contribution < 1.29 is 9.90 Å². The van der Waals surface area contributed by atoms with E-state index in [0.717, 1.165) is 30.2 Å². The first-order chi connectivity index (χ1) is 9.08. The summed E-state index contributed by atoms with van der Waals surface area (Å²) in [6.45, 7) is 4.69. The number of carbonyl (C=O) groups is 1. The highest BCUT2D eigenvalue weighted by molar-refractivity contribution is 9.09. The minimum Gasteiger partial charge on any atom is -0.507 e. The Balaban J connectivity index is 2.58. The zero-order valence-electron chi connectivity index (χ0n) is 11.6. The van der Waals surface area contributed by atoms with Crippen molar-refractivity contribution in [1.29, 1.82) is 0 Å². The summed E-state index contributed by atoms with van der Waals surface area (Å²) in [5.74, 6) is 0.333. The number of halogens is 1. The second kappa shape index (κ2) is 8.20. The molecule has 1 amide bonds. The first-order valence-electron chi connectivity index (χ1n) is 6.72. The van der Waals surface area contributed by atoms with Crippen LogP contribution in [0.15, 0.2) is 18.2 Å². The minimum absolute atomic E-state index is 0.0463. The van der Waals surface area contributed by atoms with Crippen LogP contribution in [-0.4, -0.2) is 22.9 Å². The zero-order chi connectivity index (χ0) is 14.3. The van der Waals surface area contributed by atoms with E-state index in [2.05, 4.69) is 28.2 Å². The summed E-state index contributed by atoms with van der Waals surface area (Å²) >= 11 is 3.44. The van der Waals surface area contributed by atoms with E-state index in [-0.39, 0.29) is 11.7 Å². The number of nitrogens with one attached hydrogen (secondary N) is 1. The molecule has 0 aliphatic rings. The third kappa shape index (κ3) is 5.23. The normalized spacial score (nSPS) is 12.2. The molecule has 0 radical (unpaired) electrons. The van der Waals surface area contributed by atoms with Crippen molar-refractivity contribution >= 4 is 21.8 Å². The highest BCUT2D eigenvalue weighted by atomic mass is 79.9. The smallest absolute Gasteiger partial charge is 0.255 e. The van der Waals surface area contributed by atoms with E-state index < -0.39 is 0 Å². The Morgan fingerprint density at radius 1 is 1.42 bits per heavy atom. The Bertz CT molecular complexity index is 415. The summed E-state index contributed by atoms with van der Waals surface area (Å²) in [6, 6.07) is 5.10. The molecule has 3 nitrogen and oxygen atoms in total. The van der Waals surface area contributed by atoms with Gasteiger partial charge in [0, 0.05) is 11.9 Å². The standard InChI is InChI=1S/C15H22BrNO2/c1-3-4-12(7-8-16)10-17-15(19)13-6-5-11(2)9-14(13)18/h5-6,9,12,18H,3-4,7-8,10H2,1-2H3,(H,17,19). The van der Waals surface area contributed by atoms with Gasteiger partial charge in [-0.2, -0.15) is 0 Å². The average molecular weight is 328 g/mol. The van der Waals surface area contributed by atoms with E-state index >= 15 is 0 Å². The summed E-state index contributed by atoms with van der Waals surface area (Å²) in [5.41, 5.74) is 1.29. The van der Waals surface area contributed by atoms with Crippen molar-refractivity contribution in [2.24, 2.45) is 5.92 Å². The van der Waals surface area contributed by atoms with Crippen LogP contribution < -0.4 is 5.32 Å². The molecule has 0 saturated heterocycles. The lowest BCUT2D eigenvalue weighted by Crippen LogP contribution is -2.29. The molecule has 0 spiro atoms. The van der Waals surface area contributed by atoms with E-state index in [0.29, 0.717) is 18.0 Å². The fourth-order valence-electron chi connectivity index (χ4n) is 2.08. The molecule has 106 valence electrons. The van der Waals surface area contributed by atoms with Crippen molar-refractivity contribution in [3.8, 4) is 5.75 Å². The number of aromatic hydroxyl groups is 1. The van der Waals surface area contributed by atoms with Gasteiger partial charge in [0.05, 0.1) is 5.56 Å². The quantitative estimate of drug-likeness (QED) is 0.751. The number of phenolic OH excluding ortho intramolecular Hbond substituents is 1. The molecule has 4 heteroatoms. The topological polar surface area (TPSA) is 49.3 Å². The van der Waals surface area contributed by atoms with E-state index in [4.69, 9.17) is 0 Å². The fraction of sp³-hybridized carbons (Fsp3) is 0.533. The first-order valence-corrected chi connectivity index (χ1v) is 7.84. The van der Waals surface area contributed by atoms with E-state index in [9.17, 15) is 9.90 Å². The Morgan fingerprint density at radius 2 is 2.16 bits per heavy atom. The van der Waals surface area contributed by atoms with Crippen LogP contribution in [0.4, 0.5) is 0 Å². The molecule has 0 heterocycles. The maximum atomic E-state index is 12.0. The third-order valence-electron chi connectivity index (χ3n) is 3.16. The lowest BCUT2D eigenvalue weighted by molar-refractivity contribution is 0.0943. The SMILES string of the molecule is CCCC(CCBr)CNC(=O)c1ccc(C)cc1O. The summed E-state index contributed by atoms with van der Waals surface area (Å²) < 4.78 is 0. The van der Waals surface area contributed by atoms with Crippen LogP contribution in [0, 0.1) is 12.8 Å². The summed E-state index contributed by atoms with van der Waals surface area (Å²) in [5, 5.41) is 13.6. The van der Waals surface area contributed by atoms with Gasteiger partial charge in [-0.1, -0.05) is 35.3 Å². The number of amides is 1. The van der Waals surface area contributed by atoms with Crippen molar-refractivity contribution in [1.82, 2.24) is 5.32 Å². The number of aryl methyl sites for hydroxylation is 1.